The van der Waals surface area contributed by atoms with E-state index in [2.05, 4.69) is 28.1 Å². The molecule has 0 unspecified atom stereocenters. The molecule has 0 bridgehead atoms. The smallest absolute Gasteiger partial charge is 0.0751 e. The molecule has 0 rings (SSSR count). The third kappa shape index (κ3) is 10.7. The molecular weight excluding hydrogens is 88.1 g/mol. The second-order valence-electron chi connectivity index (χ2n) is 2.61. The van der Waals surface area contributed by atoms with Crippen molar-refractivity contribution < 1.29 is 4.48 Å². The fourth-order valence-electron chi connectivity index (χ4n) is 0. The lowest BCUT2D eigenvalue weighted by Crippen LogP contribution is -2.33. The first-order valence-electron chi connectivity index (χ1n) is 2.36. The van der Waals surface area contributed by atoms with E-state index in [0.717, 1.165) is 4.48 Å². The van der Waals surface area contributed by atoms with Gasteiger partial charge in [-0.15, -0.1) is 0 Å². The Kier molecular flexibility index (Phi) is 4.28. The molecule has 0 spiro atoms. The van der Waals surface area contributed by atoms with Gasteiger partial charge in [0, 0.05) is 0 Å². The Morgan fingerprint density at radius 1 is 1.14 bits per heavy atom. The quantitative estimate of drug-likeness (QED) is 0.493. The molecule has 2 heteroatoms. The van der Waals surface area contributed by atoms with Gasteiger partial charge in [0.25, 0.3) is 0 Å². The summed E-state index contributed by atoms with van der Waals surface area (Å²) in [6, 6.07) is 0. The zero-order valence-electron chi connectivity index (χ0n) is 5.86. The molecule has 46 valence electrons. The number of nitrogens with zero attached hydrogens (tertiary/aromatic N) is 1. The Labute approximate surface area is 46.3 Å². The Bertz CT molecular complexity index is 35.8. The molecule has 0 atom stereocenters. The van der Waals surface area contributed by atoms with E-state index in [9.17, 15) is 0 Å². The van der Waals surface area contributed by atoms with Crippen molar-refractivity contribution in [1.82, 2.24) is 6.15 Å². The van der Waals surface area contributed by atoms with Crippen LogP contribution < -0.4 is 6.15 Å². The molecule has 0 aromatic carbocycles. The molecule has 0 aromatic rings. The van der Waals surface area contributed by atoms with Gasteiger partial charge in [-0.3, -0.25) is 0 Å². The molecule has 2 nitrogen and oxygen atoms in total. The summed E-state index contributed by atoms with van der Waals surface area (Å²) < 4.78 is 1.07. The topological polar surface area (TPSA) is 35.0 Å². The van der Waals surface area contributed by atoms with Gasteiger partial charge in [-0.2, -0.15) is 0 Å². The summed E-state index contributed by atoms with van der Waals surface area (Å²) in [4.78, 5) is 0. The SMILES string of the molecule is CC[N+](C)(C)C.N. The highest BCUT2D eigenvalue weighted by molar-refractivity contribution is 4.06. The molecule has 3 N–H and O–H groups in total. The largest absolute Gasteiger partial charge is 0.344 e. The van der Waals surface area contributed by atoms with Crippen LogP contribution >= 0.6 is 0 Å². The minimum absolute atomic E-state index is 0. The minimum Gasteiger partial charge on any atom is -0.344 e. The molecule has 0 saturated heterocycles. The van der Waals surface area contributed by atoms with E-state index in [0.29, 0.717) is 0 Å². The molecule has 0 saturated carbocycles. The van der Waals surface area contributed by atoms with Gasteiger partial charge >= 0.3 is 0 Å². The molecule has 7 heavy (non-hydrogen) atoms. The van der Waals surface area contributed by atoms with Crippen molar-refractivity contribution in [2.45, 2.75) is 6.92 Å². The van der Waals surface area contributed by atoms with Crippen molar-refractivity contribution >= 4 is 0 Å². The first kappa shape index (κ1) is 10.0. The average Bonchev–Trinajstić information content (AvgIpc) is 1.35. The normalized spacial score (nSPS) is 10.3. The van der Waals surface area contributed by atoms with Crippen LogP contribution in [0.3, 0.4) is 0 Å². The van der Waals surface area contributed by atoms with Crippen LogP contribution in [0.1, 0.15) is 6.92 Å². The van der Waals surface area contributed by atoms with Crippen LogP contribution in [-0.2, 0) is 0 Å². The Morgan fingerprint density at radius 3 is 1.29 bits per heavy atom. The van der Waals surface area contributed by atoms with Gasteiger partial charge in [0.15, 0.2) is 0 Å². The number of rotatable bonds is 1. The van der Waals surface area contributed by atoms with Gasteiger partial charge in [0.2, 0.25) is 0 Å². The zero-order chi connectivity index (χ0) is 5.21. The van der Waals surface area contributed by atoms with Crippen LogP contribution in [0, 0.1) is 0 Å². The van der Waals surface area contributed by atoms with Gasteiger partial charge in [-0.1, -0.05) is 0 Å². The second kappa shape index (κ2) is 2.99. The van der Waals surface area contributed by atoms with E-state index in [1.54, 1.807) is 0 Å². The number of quaternary nitrogens is 1. The van der Waals surface area contributed by atoms with E-state index in [1.807, 2.05) is 0 Å². The summed E-state index contributed by atoms with van der Waals surface area (Å²) in [5.41, 5.74) is 0. The average molecular weight is 105 g/mol. The summed E-state index contributed by atoms with van der Waals surface area (Å²) in [6.07, 6.45) is 0. The van der Waals surface area contributed by atoms with E-state index in [4.69, 9.17) is 0 Å². The van der Waals surface area contributed by atoms with Gasteiger partial charge < -0.3 is 10.6 Å². The second-order valence-corrected chi connectivity index (χ2v) is 2.61. The Balaban J connectivity index is 0. The molecule has 0 aliphatic carbocycles. The van der Waals surface area contributed by atoms with Crippen molar-refractivity contribution in [3.8, 4) is 0 Å². The molecule has 0 heterocycles. The van der Waals surface area contributed by atoms with Crippen molar-refractivity contribution in [1.29, 1.82) is 0 Å². The molecule has 0 aliphatic heterocycles. The zero-order valence-corrected chi connectivity index (χ0v) is 5.86. The molecule has 0 aliphatic rings. The van der Waals surface area contributed by atoms with Crippen LogP contribution in [0.5, 0.6) is 0 Å². The van der Waals surface area contributed by atoms with Gasteiger partial charge in [0.05, 0.1) is 27.7 Å². The fraction of sp³-hybridized carbons (Fsp3) is 1.00. The molecule has 0 fully saturated rings. The molecule has 0 amide bonds. The summed E-state index contributed by atoms with van der Waals surface area (Å²) >= 11 is 0. The first-order chi connectivity index (χ1) is 2.56. The van der Waals surface area contributed by atoms with E-state index in [-0.39, 0.29) is 6.15 Å². The van der Waals surface area contributed by atoms with Crippen LogP contribution in [0.25, 0.3) is 0 Å². The number of hydrogen-bond acceptors (Lipinski definition) is 1. The van der Waals surface area contributed by atoms with Gasteiger partial charge in [-0.25, -0.2) is 0 Å². The molecule has 0 aromatic heterocycles. The van der Waals surface area contributed by atoms with Crippen LogP contribution in [0.15, 0.2) is 0 Å². The predicted molar refractivity (Wildman–Crippen MR) is 33.6 cm³/mol. The third-order valence-corrected chi connectivity index (χ3v) is 0.949. The maximum Gasteiger partial charge on any atom is 0.0751 e. The number of hydrogen-bond donors (Lipinski definition) is 1. The monoisotopic (exact) mass is 105 g/mol. The first-order valence-corrected chi connectivity index (χ1v) is 2.36. The lowest BCUT2D eigenvalue weighted by molar-refractivity contribution is -0.868. The summed E-state index contributed by atoms with van der Waals surface area (Å²) in [7, 11) is 6.54. The van der Waals surface area contributed by atoms with Crippen molar-refractivity contribution in [3.63, 3.8) is 0 Å². The van der Waals surface area contributed by atoms with E-state index >= 15 is 0 Å². The van der Waals surface area contributed by atoms with Gasteiger partial charge in [0.1, 0.15) is 0 Å². The third-order valence-electron chi connectivity index (χ3n) is 0.949. The lowest BCUT2D eigenvalue weighted by atomic mass is 10.6. The van der Waals surface area contributed by atoms with Gasteiger partial charge in [-0.05, 0) is 6.92 Å². The highest BCUT2D eigenvalue weighted by Crippen LogP contribution is 1.83. The van der Waals surface area contributed by atoms with Crippen molar-refractivity contribution in [2.24, 2.45) is 0 Å². The predicted octanol–water partition coefficient (Wildman–Crippen LogP) is 0.875. The Hall–Kier alpha value is -0.0800. The summed E-state index contributed by atoms with van der Waals surface area (Å²) in [5, 5.41) is 0. The highest BCUT2D eigenvalue weighted by atomic mass is 15.3. The summed E-state index contributed by atoms with van der Waals surface area (Å²) in [6.45, 7) is 3.39. The van der Waals surface area contributed by atoms with Crippen molar-refractivity contribution in [2.75, 3.05) is 27.7 Å². The van der Waals surface area contributed by atoms with Crippen LogP contribution in [0.2, 0.25) is 0 Å². The standard InChI is InChI=1S/C5H14N.H3N/c1-5-6(2,3)4;/h5H2,1-4H3;1H3/q+1;. The maximum atomic E-state index is 2.18. The van der Waals surface area contributed by atoms with E-state index in [1.165, 1.54) is 6.54 Å². The summed E-state index contributed by atoms with van der Waals surface area (Å²) in [5.74, 6) is 0. The molecular formula is C5H17N2+. The minimum atomic E-state index is 0. The Morgan fingerprint density at radius 2 is 1.29 bits per heavy atom. The van der Waals surface area contributed by atoms with Crippen LogP contribution in [-0.4, -0.2) is 32.2 Å². The van der Waals surface area contributed by atoms with Crippen LogP contribution in [0.4, 0.5) is 0 Å². The highest BCUT2D eigenvalue weighted by Gasteiger charge is 1.97. The van der Waals surface area contributed by atoms with Crippen molar-refractivity contribution in [3.05, 3.63) is 0 Å². The maximum absolute atomic E-state index is 2.18. The van der Waals surface area contributed by atoms with E-state index < -0.39 is 0 Å². The lowest BCUT2D eigenvalue weighted by Gasteiger charge is -2.20. The fourth-order valence-corrected chi connectivity index (χ4v) is 0. The molecule has 0 radical (unpaired) electrons.